The van der Waals surface area contributed by atoms with Gasteiger partial charge in [0.25, 0.3) is 0 Å². The molecule has 0 aliphatic carbocycles. The van der Waals surface area contributed by atoms with E-state index in [1.807, 2.05) is 0 Å². The first-order chi connectivity index (χ1) is 10.8. The van der Waals surface area contributed by atoms with E-state index in [4.69, 9.17) is 5.11 Å². The molecule has 0 bridgehead atoms. The number of ether oxygens (including phenoxy) is 4. The Morgan fingerprint density at radius 2 is 1.48 bits per heavy atom. The quantitative estimate of drug-likeness (QED) is 0.359. The molecule has 0 atom stereocenters. The first-order valence-corrected chi connectivity index (χ1v) is 6.68. The molecule has 0 saturated carbocycles. The summed E-state index contributed by atoms with van der Waals surface area (Å²) in [6.07, 6.45) is -8.38. The first-order valence-electron chi connectivity index (χ1n) is 6.68. The van der Waals surface area contributed by atoms with Gasteiger partial charge in [-0.2, -0.15) is 17.6 Å². The smallest absolute Gasteiger partial charge is 0.383 e. The summed E-state index contributed by atoms with van der Waals surface area (Å²) in [7, 11) is 0. The lowest BCUT2D eigenvalue weighted by atomic mass is 10.2. The van der Waals surface area contributed by atoms with Gasteiger partial charge in [0.2, 0.25) is 0 Å². The van der Waals surface area contributed by atoms with Crippen molar-refractivity contribution in [1.82, 2.24) is 0 Å². The van der Waals surface area contributed by atoms with Gasteiger partial charge in [-0.25, -0.2) is 0 Å². The van der Waals surface area contributed by atoms with Crippen LogP contribution in [-0.2, 0) is 25.6 Å². The predicted molar refractivity (Wildman–Crippen MR) is 70.9 cm³/mol. The lowest BCUT2D eigenvalue weighted by Crippen LogP contribution is -2.39. The topological polar surface area (TPSA) is 57.2 Å². The van der Waals surface area contributed by atoms with E-state index in [1.165, 1.54) is 0 Å². The second kappa shape index (κ2) is 9.78. The molecule has 0 radical (unpaired) electrons. The number of aliphatic hydroxyl groups excluding tert-OH is 1. The van der Waals surface area contributed by atoms with Crippen LogP contribution in [0, 0.1) is 0 Å². The Balaban J connectivity index is 2.28. The van der Waals surface area contributed by atoms with Crippen LogP contribution in [0.25, 0.3) is 0 Å². The highest BCUT2D eigenvalue weighted by atomic mass is 19.3. The van der Waals surface area contributed by atoms with Gasteiger partial charge in [-0.3, -0.25) is 4.74 Å². The van der Waals surface area contributed by atoms with E-state index in [2.05, 4.69) is 18.9 Å². The van der Waals surface area contributed by atoms with E-state index in [0.29, 0.717) is 5.56 Å². The minimum Gasteiger partial charge on any atom is -0.394 e. The zero-order valence-electron chi connectivity index (χ0n) is 12.2. The van der Waals surface area contributed by atoms with Crippen molar-refractivity contribution in [3.05, 3.63) is 35.9 Å². The van der Waals surface area contributed by atoms with Crippen LogP contribution in [0.2, 0.25) is 0 Å². The summed E-state index contributed by atoms with van der Waals surface area (Å²) in [6.45, 7) is -3.89. The van der Waals surface area contributed by atoms with Crippen molar-refractivity contribution in [2.75, 3.05) is 33.2 Å². The van der Waals surface area contributed by atoms with Crippen molar-refractivity contribution in [2.45, 2.75) is 18.8 Å². The Hall–Kier alpha value is -1.26. The Labute approximate surface area is 130 Å². The number of rotatable bonds is 12. The molecule has 1 rings (SSSR count). The second-order valence-corrected chi connectivity index (χ2v) is 4.45. The van der Waals surface area contributed by atoms with Crippen LogP contribution < -0.4 is 0 Å². The molecule has 0 fully saturated rings. The third kappa shape index (κ3) is 9.47. The van der Waals surface area contributed by atoms with Crippen LogP contribution in [-0.4, -0.2) is 50.5 Å². The normalized spacial score (nSPS) is 12.6. The van der Waals surface area contributed by atoms with Gasteiger partial charge in [0.15, 0.2) is 0 Å². The van der Waals surface area contributed by atoms with E-state index in [9.17, 15) is 17.6 Å². The van der Waals surface area contributed by atoms with Crippen molar-refractivity contribution in [3.63, 3.8) is 0 Å². The monoisotopic (exact) mass is 342 g/mol. The molecular weight excluding hydrogens is 324 g/mol. The highest BCUT2D eigenvalue weighted by molar-refractivity contribution is 5.13. The van der Waals surface area contributed by atoms with Gasteiger partial charge in [-0.05, 0) is 5.56 Å². The van der Waals surface area contributed by atoms with Gasteiger partial charge in [0, 0.05) is 0 Å². The van der Waals surface area contributed by atoms with Gasteiger partial charge < -0.3 is 19.3 Å². The third-order valence-corrected chi connectivity index (χ3v) is 2.35. The Morgan fingerprint density at radius 3 is 2.09 bits per heavy atom. The fraction of sp³-hybridized carbons (Fsp3) is 0.571. The van der Waals surface area contributed by atoms with E-state index in [-0.39, 0.29) is 19.8 Å². The fourth-order valence-corrected chi connectivity index (χ4v) is 1.48. The Bertz CT molecular complexity index is 430. The zero-order valence-corrected chi connectivity index (χ0v) is 12.2. The van der Waals surface area contributed by atoms with E-state index in [1.54, 1.807) is 30.3 Å². The van der Waals surface area contributed by atoms with Gasteiger partial charge in [-0.1, -0.05) is 30.3 Å². The zero-order chi connectivity index (χ0) is 17.2. The molecule has 9 heteroatoms. The standard InChI is InChI=1S/C14H18F4O5/c15-13(16,9-21-8-12-4-2-1-3-5-12)23-14(17,18)10-22-11-20-7-6-19/h1-5,19H,6-11H2. The molecule has 5 nitrogen and oxygen atoms in total. The Kier molecular flexibility index (Phi) is 8.42. The molecule has 0 unspecified atom stereocenters. The summed E-state index contributed by atoms with van der Waals surface area (Å²) < 4.78 is 70.0. The summed E-state index contributed by atoms with van der Waals surface area (Å²) in [5, 5.41) is 8.38. The lowest BCUT2D eigenvalue weighted by molar-refractivity contribution is -0.396. The fourth-order valence-electron chi connectivity index (χ4n) is 1.48. The maximum atomic E-state index is 13.3. The Morgan fingerprint density at radius 1 is 0.870 bits per heavy atom. The van der Waals surface area contributed by atoms with E-state index < -0.39 is 32.2 Å². The number of halogens is 4. The lowest BCUT2D eigenvalue weighted by Gasteiger charge is -2.23. The van der Waals surface area contributed by atoms with E-state index >= 15 is 0 Å². The maximum absolute atomic E-state index is 13.3. The summed E-state index contributed by atoms with van der Waals surface area (Å²) in [5.74, 6) is 0. The summed E-state index contributed by atoms with van der Waals surface area (Å²) in [5.41, 5.74) is 0.624. The largest absolute Gasteiger partial charge is 0.394 e. The molecule has 0 spiro atoms. The summed E-state index contributed by atoms with van der Waals surface area (Å²) >= 11 is 0. The number of hydrogen-bond acceptors (Lipinski definition) is 5. The molecule has 0 heterocycles. The molecule has 23 heavy (non-hydrogen) atoms. The molecule has 0 amide bonds. The van der Waals surface area contributed by atoms with Crippen molar-refractivity contribution >= 4 is 0 Å². The number of aliphatic hydroxyl groups is 1. The number of benzene rings is 1. The predicted octanol–water partition coefficient (Wildman–Crippen LogP) is 2.39. The number of alkyl halides is 4. The van der Waals surface area contributed by atoms with Crippen LogP contribution in [0.1, 0.15) is 5.56 Å². The molecular formula is C14H18F4O5. The molecule has 1 N–H and O–H groups in total. The van der Waals surface area contributed by atoms with E-state index in [0.717, 1.165) is 0 Å². The van der Waals surface area contributed by atoms with Crippen LogP contribution >= 0.6 is 0 Å². The molecule has 0 aliphatic rings. The second-order valence-electron chi connectivity index (χ2n) is 4.45. The van der Waals surface area contributed by atoms with Crippen molar-refractivity contribution in [3.8, 4) is 0 Å². The first kappa shape index (κ1) is 19.8. The highest BCUT2D eigenvalue weighted by Crippen LogP contribution is 2.27. The number of hydrogen-bond donors (Lipinski definition) is 1. The third-order valence-electron chi connectivity index (χ3n) is 2.35. The molecule has 1 aromatic carbocycles. The van der Waals surface area contributed by atoms with Crippen molar-refractivity contribution in [2.24, 2.45) is 0 Å². The van der Waals surface area contributed by atoms with Gasteiger partial charge in [-0.15, -0.1) is 0 Å². The van der Waals surface area contributed by atoms with Crippen LogP contribution in [0.15, 0.2) is 30.3 Å². The van der Waals surface area contributed by atoms with Crippen LogP contribution in [0.5, 0.6) is 0 Å². The summed E-state index contributed by atoms with van der Waals surface area (Å²) in [6, 6.07) is 8.42. The summed E-state index contributed by atoms with van der Waals surface area (Å²) in [4.78, 5) is 0. The minimum absolute atomic E-state index is 0.115. The molecule has 0 saturated heterocycles. The SMILES string of the molecule is OCCOCOCC(F)(F)OC(F)(F)COCc1ccccc1. The van der Waals surface area contributed by atoms with Gasteiger partial charge in [0.1, 0.15) is 20.0 Å². The molecule has 132 valence electrons. The average molecular weight is 342 g/mol. The van der Waals surface area contributed by atoms with Crippen LogP contribution in [0.3, 0.4) is 0 Å². The maximum Gasteiger partial charge on any atom is 0.383 e. The molecule has 0 aromatic heterocycles. The van der Waals surface area contributed by atoms with Gasteiger partial charge >= 0.3 is 12.2 Å². The average Bonchev–Trinajstić information content (AvgIpc) is 2.46. The van der Waals surface area contributed by atoms with Crippen molar-refractivity contribution < 1.29 is 41.6 Å². The van der Waals surface area contributed by atoms with Crippen LogP contribution in [0.4, 0.5) is 17.6 Å². The van der Waals surface area contributed by atoms with Crippen molar-refractivity contribution in [1.29, 1.82) is 0 Å². The van der Waals surface area contributed by atoms with Gasteiger partial charge in [0.05, 0.1) is 19.8 Å². The molecule has 1 aromatic rings. The molecule has 0 aliphatic heterocycles. The minimum atomic E-state index is -4.21. The highest BCUT2D eigenvalue weighted by Gasteiger charge is 2.44.